The van der Waals surface area contributed by atoms with Gasteiger partial charge in [0.1, 0.15) is 23.3 Å². The molecule has 0 aromatic heterocycles. The fourth-order valence-corrected chi connectivity index (χ4v) is 4.06. The number of methoxy groups -OCH3 is 1. The first-order valence-corrected chi connectivity index (χ1v) is 12.7. The molecular formula is C26H43N3O8. The molecule has 0 N–H and O–H groups in total. The molecule has 2 fully saturated rings. The molecule has 11 heteroatoms. The summed E-state index contributed by atoms with van der Waals surface area (Å²) in [5.41, 5.74) is -1.18. The lowest BCUT2D eigenvalue weighted by Gasteiger charge is -2.37. The van der Waals surface area contributed by atoms with Crippen LogP contribution in [0.25, 0.3) is 0 Å². The lowest BCUT2D eigenvalue weighted by atomic mass is 9.93. The van der Waals surface area contributed by atoms with E-state index in [4.69, 9.17) is 19.5 Å². The average molecular weight is 526 g/mol. The van der Waals surface area contributed by atoms with E-state index in [2.05, 4.69) is 11.7 Å². The van der Waals surface area contributed by atoms with E-state index >= 15 is 0 Å². The highest BCUT2D eigenvalue weighted by Crippen LogP contribution is 2.26. The molecule has 2 aliphatic rings. The Morgan fingerprint density at radius 3 is 1.46 bits per heavy atom. The van der Waals surface area contributed by atoms with Gasteiger partial charge < -0.3 is 18.9 Å². The number of nitriles is 1. The summed E-state index contributed by atoms with van der Waals surface area (Å²) in [7, 11) is 1.34. The van der Waals surface area contributed by atoms with Gasteiger partial charge in [-0.3, -0.25) is 9.80 Å². The van der Waals surface area contributed by atoms with Gasteiger partial charge in [-0.05, 0) is 79.1 Å². The number of carbonyl (C=O) groups is 4. The third-order valence-electron chi connectivity index (χ3n) is 5.88. The van der Waals surface area contributed by atoms with Crippen LogP contribution in [0, 0.1) is 23.4 Å². The molecule has 4 atom stereocenters. The summed E-state index contributed by atoms with van der Waals surface area (Å²) in [6.07, 6.45) is 3.18. The summed E-state index contributed by atoms with van der Waals surface area (Å²) in [6.45, 7) is 15.8. The van der Waals surface area contributed by atoms with Crippen LogP contribution in [0.15, 0.2) is 0 Å². The Bertz CT molecular complexity index is 855. The van der Waals surface area contributed by atoms with Crippen LogP contribution < -0.4 is 0 Å². The number of hydrogen-bond acceptors (Lipinski definition) is 9. The van der Waals surface area contributed by atoms with Crippen LogP contribution in [0.5, 0.6) is 0 Å². The van der Waals surface area contributed by atoms with Crippen molar-refractivity contribution < 1.29 is 38.1 Å². The molecule has 0 aromatic rings. The van der Waals surface area contributed by atoms with Crippen molar-refractivity contribution >= 4 is 24.1 Å². The number of carbonyl (C=O) groups excluding carboxylic acids is 4. The maximum Gasteiger partial charge on any atom is 0.411 e. The topological polar surface area (TPSA) is 135 Å². The predicted octanol–water partition coefficient (Wildman–Crippen LogP) is 4.24. The molecule has 0 radical (unpaired) electrons. The maximum atomic E-state index is 12.1. The molecule has 2 rings (SSSR count). The number of rotatable bonds is 2. The Morgan fingerprint density at radius 1 is 0.757 bits per heavy atom. The smallest absolute Gasteiger partial charge is 0.411 e. The molecule has 11 nitrogen and oxygen atoms in total. The van der Waals surface area contributed by atoms with Crippen molar-refractivity contribution in [2.24, 2.45) is 11.8 Å². The first kappa shape index (κ1) is 32.0. The SMILES string of the molecule is CC1CCN(C(=O)OC(C)(C)C)C(C(=O)OC#N)C1.COC(=O)C1CC(C)CCN1C(=O)OC(C)(C)C. The van der Waals surface area contributed by atoms with E-state index in [0.717, 1.165) is 12.8 Å². The van der Waals surface area contributed by atoms with Gasteiger partial charge in [0.2, 0.25) is 0 Å². The number of likely N-dealkylation sites (tertiary alicyclic amines) is 2. The van der Waals surface area contributed by atoms with Gasteiger partial charge in [0.05, 0.1) is 7.11 Å². The van der Waals surface area contributed by atoms with Crippen molar-refractivity contribution in [1.82, 2.24) is 9.80 Å². The molecule has 37 heavy (non-hydrogen) atoms. The fourth-order valence-electron chi connectivity index (χ4n) is 4.06. The number of esters is 2. The van der Waals surface area contributed by atoms with Gasteiger partial charge in [-0.2, -0.15) is 0 Å². The van der Waals surface area contributed by atoms with E-state index in [-0.39, 0.29) is 5.97 Å². The molecule has 210 valence electrons. The van der Waals surface area contributed by atoms with Crippen molar-refractivity contribution in [2.45, 2.75) is 104 Å². The van der Waals surface area contributed by atoms with Crippen molar-refractivity contribution in [3.63, 3.8) is 0 Å². The van der Waals surface area contributed by atoms with Crippen molar-refractivity contribution in [3.8, 4) is 6.26 Å². The molecule has 2 heterocycles. The number of nitrogens with zero attached hydrogens (tertiary/aromatic N) is 3. The molecule has 0 spiro atoms. The second-order valence-corrected chi connectivity index (χ2v) is 11.7. The normalized spacial score (nSPS) is 24.0. The van der Waals surface area contributed by atoms with Crippen LogP contribution in [0.1, 0.15) is 81.1 Å². The van der Waals surface area contributed by atoms with Crippen LogP contribution >= 0.6 is 0 Å². The highest BCUT2D eigenvalue weighted by Gasteiger charge is 2.39. The average Bonchev–Trinajstić information content (AvgIpc) is 2.76. The largest absolute Gasteiger partial charge is 0.467 e. The Morgan fingerprint density at radius 2 is 1.14 bits per heavy atom. The third kappa shape index (κ3) is 10.9. The molecule has 4 unspecified atom stereocenters. The molecule has 2 saturated heterocycles. The minimum absolute atomic E-state index is 0.301. The van der Waals surface area contributed by atoms with Gasteiger partial charge >= 0.3 is 24.1 Å². The van der Waals surface area contributed by atoms with Gasteiger partial charge in [0.25, 0.3) is 6.26 Å². The summed E-state index contributed by atoms with van der Waals surface area (Å²) in [6, 6.07) is -1.26. The maximum absolute atomic E-state index is 12.1. The molecule has 0 aromatic carbocycles. The number of amides is 2. The Balaban J connectivity index is 0.000000371. The zero-order chi connectivity index (χ0) is 28.6. The first-order chi connectivity index (χ1) is 17.0. The molecule has 2 amide bonds. The number of ether oxygens (including phenoxy) is 4. The fraction of sp³-hybridized carbons (Fsp3) is 0.808. The van der Waals surface area contributed by atoms with Gasteiger partial charge in [0, 0.05) is 13.1 Å². The van der Waals surface area contributed by atoms with Gasteiger partial charge in [-0.25, -0.2) is 19.2 Å². The van der Waals surface area contributed by atoms with Crippen LogP contribution in [0.3, 0.4) is 0 Å². The van der Waals surface area contributed by atoms with Crippen LogP contribution in [0.4, 0.5) is 9.59 Å². The highest BCUT2D eigenvalue weighted by molar-refractivity contribution is 5.82. The minimum Gasteiger partial charge on any atom is -0.467 e. The Kier molecular flexibility index (Phi) is 11.7. The van der Waals surface area contributed by atoms with E-state index in [1.807, 2.05) is 27.7 Å². The minimum atomic E-state index is -0.738. The standard InChI is InChI=1S/C13H20N2O4.C13H23NO4/c1-9-5-6-15(12(17)19-13(2,3)4)10(7-9)11(16)18-8-14;1-9-6-7-14(10(8-9)11(15)17-5)12(16)18-13(2,3)4/h9-10H,5-7H2,1-4H3;9-10H,6-8H2,1-5H3. The van der Waals surface area contributed by atoms with Crippen LogP contribution in [-0.4, -0.2) is 77.4 Å². The van der Waals surface area contributed by atoms with E-state index in [0.29, 0.717) is 37.8 Å². The Labute approximate surface area is 220 Å². The van der Waals surface area contributed by atoms with Crippen LogP contribution in [-0.2, 0) is 28.5 Å². The summed E-state index contributed by atoms with van der Waals surface area (Å²) in [5.74, 6) is -0.352. The van der Waals surface area contributed by atoms with Crippen LogP contribution in [0.2, 0.25) is 0 Å². The Hall–Kier alpha value is -3.03. The van der Waals surface area contributed by atoms with Crippen molar-refractivity contribution in [2.75, 3.05) is 20.2 Å². The van der Waals surface area contributed by atoms with E-state index < -0.39 is 41.4 Å². The summed E-state index contributed by atoms with van der Waals surface area (Å²) >= 11 is 0. The summed E-state index contributed by atoms with van der Waals surface area (Å²) in [4.78, 5) is 50.4. The predicted molar refractivity (Wildman–Crippen MR) is 134 cm³/mol. The second kappa shape index (κ2) is 13.5. The molecular weight excluding hydrogens is 482 g/mol. The molecule has 2 aliphatic heterocycles. The van der Waals surface area contributed by atoms with Gasteiger partial charge in [-0.1, -0.05) is 13.8 Å². The zero-order valence-electron chi connectivity index (χ0n) is 23.7. The highest BCUT2D eigenvalue weighted by atomic mass is 16.6. The van der Waals surface area contributed by atoms with E-state index in [1.165, 1.54) is 23.2 Å². The quantitative estimate of drug-likeness (QED) is 0.294. The molecule has 0 aliphatic carbocycles. The second-order valence-electron chi connectivity index (χ2n) is 11.7. The molecule has 0 bridgehead atoms. The zero-order valence-corrected chi connectivity index (χ0v) is 23.7. The molecule has 0 saturated carbocycles. The third-order valence-corrected chi connectivity index (χ3v) is 5.88. The van der Waals surface area contributed by atoms with Gasteiger partial charge in [-0.15, -0.1) is 5.26 Å². The van der Waals surface area contributed by atoms with Gasteiger partial charge in [0.15, 0.2) is 0 Å². The first-order valence-electron chi connectivity index (χ1n) is 12.7. The summed E-state index contributed by atoms with van der Waals surface area (Å²) < 4.78 is 19.7. The van der Waals surface area contributed by atoms with E-state index in [9.17, 15) is 19.2 Å². The summed E-state index contributed by atoms with van der Waals surface area (Å²) in [5, 5.41) is 8.42. The monoisotopic (exact) mass is 525 g/mol. The van der Waals surface area contributed by atoms with Crippen molar-refractivity contribution in [3.05, 3.63) is 0 Å². The number of hydrogen-bond donors (Lipinski definition) is 0. The lowest BCUT2D eigenvalue weighted by Crippen LogP contribution is -2.51. The number of piperidine rings is 2. The van der Waals surface area contributed by atoms with E-state index in [1.54, 1.807) is 20.8 Å². The lowest BCUT2D eigenvalue weighted by molar-refractivity contribution is -0.148. The van der Waals surface area contributed by atoms with Crippen molar-refractivity contribution in [1.29, 1.82) is 5.26 Å².